The van der Waals surface area contributed by atoms with Crippen molar-refractivity contribution in [2.45, 2.75) is 32.2 Å². The van der Waals surface area contributed by atoms with Crippen LogP contribution in [-0.4, -0.2) is 18.1 Å². The van der Waals surface area contributed by atoms with Gasteiger partial charge in [-0.15, -0.1) is 11.8 Å². The summed E-state index contributed by atoms with van der Waals surface area (Å²) in [6.45, 7) is 1.88. The topological polar surface area (TPSA) is 24.9 Å². The molecule has 0 bridgehead atoms. The van der Waals surface area contributed by atoms with Crippen LogP contribution in [0.15, 0.2) is 24.5 Å². The average Bonchev–Trinajstić information content (AvgIpc) is 2.29. The lowest BCUT2D eigenvalue weighted by Gasteiger charge is -2.14. The molecule has 1 atom stereocenters. The van der Waals surface area contributed by atoms with Gasteiger partial charge in [-0.2, -0.15) is 0 Å². The second kappa shape index (κ2) is 7.03. The molecule has 0 amide bonds. The molecule has 0 aliphatic carbocycles. The van der Waals surface area contributed by atoms with Gasteiger partial charge in [-0.1, -0.05) is 6.07 Å². The molecule has 0 saturated heterocycles. The Morgan fingerprint density at radius 2 is 2.40 bits per heavy atom. The molecular formula is C13H18N2. The minimum atomic E-state index is 0.495. The van der Waals surface area contributed by atoms with Gasteiger partial charge < -0.3 is 5.32 Å². The summed E-state index contributed by atoms with van der Waals surface area (Å²) < 4.78 is 0. The van der Waals surface area contributed by atoms with E-state index in [1.165, 1.54) is 5.56 Å². The number of likely N-dealkylation sites (N-methyl/N-ethyl adjacent to an activating group) is 1. The predicted molar refractivity (Wildman–Crippen MR) is 63.5 cm³/mol. The van der Waals surface area contributed by atoms with Gasteiger partial charge in [-0.05, 0) is 38.4 Å². The largest absolute Gasteiger partial charge is 0.317 e. The van der Waals surface area contributed by atoms with Gasteiger partial charge in [0.1, 0.15) is 0 Å². The number of aromatic nitrogens is 1. The first kappa shape index (κ1) is 11.7. The maximum atomic E-state index is 4.11. The lowest BCUT2D eigenvalue weighted by atomic mass is 10.0. The third-order valence-corrected chi connectivity index (χ3v) is 2.41. The monoisotopic (exact) mass is 202 g/mol. The highest BCUT2D eigenvalue weighted by Gasteiger charge is 2.05. The van der Waals surface area contributed by atoms with E-state index in [1.807, 2.05) is 26.2 Å². The molecule has 0 radical (unpaired) electrons. The minimum absolute atomic E-state index is 0.495. The van der Waals surface area contributed by atoms with Crippen molar-refractivity contribution in [3.05, 3.63) is 30.1 Å². The summed E-state index contributed by atoms with van der Waals surface area (Å²) in [6, 6.07) is 4.59. The third kappa shape index (κ3) is 4.62. The molecule has 80 valence electrons. The van der Waals surface area contributed by atoms with Crippen molar-refractivity contribution in [3.8, 4) is 11.8 Å². The summed E-state index contributed by atoms with van der Waals surface area (Å²) in [4.78, 5) is 4.11. The molecule has 2 heteroatoms. The van der Waals surface area contributed by atoms with E-state index in [0.29, 0.717) is 6.04 Å². The van der Waals surface area contributed by atoms with Gasteiger partial charge in [0.15, 0.2) is 0 Å². The number of nitrogens with one attached hydrogen (secondary N) is 1. The van der Waals surface area contributed by atoms with Crippen LogP contribution in [0.1, 0.15) is 25.3 Å². The molecule has 1 N–H and O–H groups in total. The van der Waals surface area contributed by atoms with Gasteiger partial charge in [0.2, 0.25) is 0 Å². The standard InChI is InChI=1S/C13H18N2/c1-3-4-5-8-13(14-2)10-12-7-6-9-15-11-12/h6-7,9,11,13-14H,5,8,10H2,1-2H3. The molecule has 0 aliphatic heterocycles. The van der Waals surface area contributed by atoms with Crippen molar-refractivity contribution in [3.63, 3.8) is 0 Å². The first-order valence-corrected chi connectivity index (χ1v) is 5.32. The van der Waals surface area contributed by atoms with E-state index in [9.17, 15) is 0 Å². The van der Waals surface area contributed by atoms with E-state index in [1.54, 1.807) is 6.20 Å². The summed E-state index contributed by atoms with van der Waals surface area (Å²) in [7, 11) is 2.00. The smallest absolute Gasteiger partial charge is 0.0300 e. The fourth-order valence-electron chi connectivity index (χ4n) is 1.52. The molecule has 2 nitrogen and oxygen atoms in total. The lowest BCUT2D eigenvalue weighted by molar-refractivity contribution is 0.527. The summed E-state index contributed by atoms with van der Waals surface area (Å²) >= 11 is 0. The number of hydrogen-bond acceptors (Lipinski definition) is 2. The van der Waals surface area contributed by atoms with Gasteiger partial charge in [-0.3, -0.25) is 4.98 Å². The van der Waals surface area contributed by atoms with Crippen molar-refractivity contribution in [1.29, 1.82) is 0 Å². The molecular weight excluding hydrogens is 184 g/mol. The Kier molecular flexibility index (Phi) is 5.50. The van der Waals surface area contributed by atoms with Gasteiger partial charge in [0.05, 0.1) is 0 Å². The quantitative estimate of drug-likeness (QED) is 0.739. The Hall–Kier alpha value is -1.33. The van der Waals surface area contributed by atoms with Crippen LogP contribution in [0.4, 0.5) is 0 Å². The SMILES string of the molecule is CC#CCCC(Cc1cccnc1)NC. The average molecular weight is 202 g/mol. The van der Waals surface area contributed by atoms with E-state index in [0.717, 1.165) is 19.3 Å². The van der Waals surface area contributed by atoms with Crippen LogP contribution >= 0.6 is 0 Å². The Bertz CT molecular complexity index is 321. The maximum absolute atomic E-state index is 4.11. The Balaban J connectivity index is 2.42. The zero-order valence-corrected chi connectivity index (χ0v) is 9.46. The van der Waals surface area contributed by atoms with Crippen LogP contribution in [0, 0.1) is 11.8 Å². The maximum Gasteiger partial charge on any atom is 0.0300 e. The van der Waals surface area contributed by atoms with Crippen molar-refractivity contribution < 1.29 is 0 Å². The molecule has 0 aromatic carbocycles. The fraction of sp³-hybridized carbons (Fsp3) is 0.462. The molecule has 1 rings (SSSR count). The zero-order chi connectivity index (χ0) is 10.9. The highest BCUT2D eigenvalue weighted by molar-refractivity contribution is 5.10. The molecule has 1 heterocycles. The number of nitrogens with zero attached hydrogens (tertiary/aromatic N) is 1. The first-order chi connectivity index (χ1) is 7.36. The van der Waals surface area contributed by atoms with Gasteiger partial charge in [0, 0.05) is 24.9 Å². The highest BCUT2D eigenvalue weighted by atomic mass is 14.9. The zero-order valence-electron chi connectivity index (χ0n) is 9.46. The van der Waals surface area contributed by atoms with Crippen LogP contribution < -0.4 is 5.32 Å². The molecule has 0 saturated carbocycles. The minimum Gasteiger partial charge on any atom is -0.317 e. The molecule has 0 fully saturated rings. The molecule has 1 unspecified atom stereocenters. The van der Waals surface area contributed by atoms with Crippen molar-refractivity contribution >= 4 is 0 Å². The predicted octanol–water partition coefficient (Wildman–Crippen LogP) is 2.02. The van der Waals surface area contributed by atoms with Gasteiger partial charge in [0.25, 0.3) is 0 Å². The number of hydrogen-bond donors (Lipinski definition) is 1. The summed E-state index contributed by atoms with van der Waals surface area (Å²) in [5.74, 6) is 6.01. The van der Waals surface area contributed by atoms with E-state index in [4.69, 9.17) is 0 Å². The van der Waals surface area contributed by atoms with Gasteiger partial charge >= 0.3 is 0 Å². The van der Waals surface area contributed by atoms with Crippen molar-refractivity contribution in [2.24, 2.45) is 0 Å². The second-order valence-electron chi connectivity index (χ2n) is 3.52. The van der Waals surface area contributed by atoms with Crippen molar-refractivity contribution in [1.82, 2.24) is 10.3 Å². The third-order valence-electron chi connectivity index (χ3n) is 2.41. The van der Waals surface area contributed by atoms with Crippen LogP contribution in [0.2, 0.25) is 0 Å². The van der Waals surface area contributed by atoms with Crippen LogP contribution in [0.5, 0.6) is 0 Å². The number of rotatable bonds is 5. The second-order valence-corrected chi connectivity index (χ2v) is 3.52. The van der Waals surface area contributed by atoms with E-state index >= 15 is 0 Å². The van der Waals surface area contributed by atoms with E-state index in [-0.39, 0.29) is 0 Å². The van der Waals surface area contributed by atoms with Crippen LogP contribution in [0.3, 0.4) is 0 Å². The van der Waals surface area contributed by atoms with Crippen LogP contribution in [0.25, 0.3) is 0 Å². The summed E-state index contributed by atoms with van der Waals surface area (Å²) in [6.07, 6.45) is 6.81. The molecule has 15 heavy (non-hydrogen) atoms. The lowest BCUT2D eigenvalue weighted by Crippen LogP contribution is -2.27. The Morgan fingerprint density at radius 3 is 3.00 bits per heavy atom. The number of pyridine rings is 1. The molecule has 0 spiro atoms. The fourth-order valence-corrected chi connectivity index (χ4v) is 1.52. The molecule has 1 aromatic heterocycles. The van der Waals surface area contributed by atoms with Crippen molar-refractivity contribution in [2.75, 3.05) is 7.05 Å². The Labute approximate surface area is 92.1 Å². The van der Waals surface area contributed by atoms with Gasteiger partial charge in [-0.25, -0.2) is 0 Å². The Morgan fingerprint density at radius 1 is 1.53 bits per heavy atom. The summed E-state index contributed by atoms with van der Waals surface area (Å²) in [5, 5.41) is 3.31. The van der Waals surface area contributed by atoms with E-state index < -0.39 is 0 Å². The highest BCUT2D eigenvalue weighted by Crippen LogP contribution is 2.05. The summed E-state index contributed by atoms with van der Waals surface area (Å²) in [5.41, 5.74) is 1.28. The normalized spacial score (nSPS) is 11.6. The molecule has 1 aromatic rings. The van der Waals surface area contributed by atoms with E-state index in [2.05, 4.69) is 28.2 Å². The molecule has 0 aliphatic rings. The first-order valence-electron chi connectivity index (χ1n) is 5.32. The van der Waals surface area contributed by atoms with Crippen LogP contribution in [-0.2, 0) is 6.42 Å².